The molecular weight excluding hydrogens is 656 g/mol. The van der Waals surface area contributed by atoms with Gasteiger partial charge in [-0.05, 0) is 47.9 Å². The maximum absolute atomic E-state index is 12.4. The molecule has 2 heterocycles. The van der Waals surface area contributed by atoms with Gasteiger partial charge in [0, 0.05) is 29.0 Å². The highest BCUT2D eigenvalue weighted by atomic mass is 79.9. The zero-order valence-electron chi connectivity index (χ0n) is 19.5. The monoisotopic (exact) mass is 668 g/mol. The second-order valence-electron chi connectivity index (χ2n) is 7.61. The molecule has 0 fully saturated rings. The first-order valence-corrected chi connectivity index (χ1v) is 12.2. The first-order chi connectivity index (χ1) is 18.6. The van der Waals surface area contributed by atoms with Crippen LogP contribution in [0.3, 0.4) is 0 Å². The van der Waals surface area contributed by atoms with E-state index >= 15 is 0 Å². The van der Waals surface area contributed by atoms with Gasteiger partial charge in [-0.2, -0.15) is 26.3 Å². The van der Waals surface area contributed by atoms with Gasteiger partial charge < -0.3 is 19.5 Å². The normalized spacial score (nSPS) is 11.4. The van der Waals surface area contributed by atoms with Crippen molar-refractivity contribution in [3.8, 4) is 23.3 Å². The van der Waals surface area contributed by atoms with Gasteiger partial charge >= 0.3 is 19.5 Å². The standard InChI is InChI=1S/C12H8BClF3NO3.C12H6BrClF3NO/c14-9-3-2-8(13(19)20)5-10(9)21-11-4-1-7(6-18-11)12(15,16)17;13-8-2-3-9(14)10(5-8)19-11-4-1-7(6-18-11)12(15,16)17/h1-6,19-20H;1-6H. The van der Waals surface area contributed by atoms with Gasteiger partial charge in [0.2, 0.25) is 11.8 Å². The Balaban J connectivity index is 0.000000222. The molecule has 2 N–H and O–H groups in total. The zero-order chi connectivity index (χ0) is 29.7. The van der Waals surface area contributed by atoms with E-state index in [1.165, 1.54) is 18.2 Å². The highest BCUT2D eigenvalue weighted by Gasteiger charge is 2.31. The molecular formula is C24H14BBrCl2F6N2O4. The zero-order valence-corrected chi connectivity index (χ0v) is 22.6. The van der Waals surface area contributed by atoms with Crippen LogP contribution in [0.2, 0.25) is 10.0 Å². The van der Waals surface area contributed by atoms with Crippen molar-refractivity contribution in [2.45, 2.75) is 12.4 Å². The molecule has 0 spiro atoms. The number of nitrogens with zero attached hydrogens (tertiary/aromatic N) is 2. The van der Waals surface area contributed by atoms with E-state index in [4.69, 9.17) is 42.7 Å². The molecule has 16 heteroatoms. The molecule has 0 radical (unpaired) electrons. The molecule has 0 bridgehead atoms. The number of hydrogen-bond acceptors (Lipinski definition) is 6. The van der Waals surface area contributed by atoms with Gasteiger partial charge in [-0.1, -0.05) is 45.2 Å². The predicted molar refractivity (Wildman–Crippen MR) is 139 cm³/mol. The maximum atomic E-state index is 12.4. The Hall–Kier alpha value is -3.04. The Morgan fingerprint density at radius 2 is 1.12 bits per heavy atom. The van der Waals surface area contributed by atoms with E-state index in [0.717, 1.165) is 28.7 Å². The Bertz CT molecular complexity index is 1440. The van der Waals surface area contributed by atoms with E-state index in [1.807, 2.05) is 0 Å². The van der Waals surface area contributed by atoms with Gasteiger partial charge in [0.1, 0.15) is 11.5 Å². The summed E-state index contributed by atoms with van der Waals surface area (Å²) < 4.78 is 85.5. The Morgan fingerprint density at radius 3 is 1.52 bits per heavy atom. The number of alkyl halides is 6. The van der Waals surface area contributed by atoms with E-state index in [9.17, 15) is 26.3 Å². The number of pyridine rings is 2. The molecule has 0 saturated carbocycles. The van der Waals surface area contributed by atoms with Crippen LogP contribution in [0.1, 0.15) is 11.1 Å². The molecule has 0 amide bonds. The topological polar surface area (TPSA) is 84.7 Å². The highest BCUT2D eigenvalue weighted by molar-refractivity contribution is 9.10. The van der Waals surface area contributed by atoms with Crippen LogP contribution in [0.5, 0.6) is 23.3 Å². The van der Waals surface area contributed by atoms with Gasteiger partial charge in [-0.25, -0.2) is 9.97 Å². The van der Waals surface area contributed by atoms with Crippen molar-refractivity contribution in [1.82, 2.24) is 9.97 Å². The molecule has 0 atom stereocenters. The molecule has 0 aliphatic carbocycles. The van der Waals surface area contributed by atoms with E-state index in [2.05, 4.69) is 25.9 Å². The summed E-state index contributed by atoms with van der Waals surface area (Å²) in [5.74, 6) is 0.292. The minimum absolute atomic E-state index is 0.0352. The van der Waals surface area contributed by atoms with Crippen LogP contribution in [0.4, 0.5) is 26.3 Å². The lowest BCUT2D eigenvalue weighted by atomic mass is 9.80. The van der Waals surface area contributed by atoms with Crippen molar-refractivity contribution in [2.75, 3.05) is 0 Å². The molecule has 4 aromatic rings. The van der Waals surface area contributed by atoms with Crippen molar-refractivity contribution >= 4 is 51.7 Å². The molecule has 40 heavy (non-hydrogen) atoms. The van der Waals surface area contributed by atoms with Crippen LogP contribution in [0, 0.1) is 0 Å². The fraction of sp³-hybridized carbons (Fsp3) is 0.0833. The first kappa shape index (κ1) is 31.5. The smallest absolute Gasteiger partial charge is 0.438 e. The summed E-state index contributed by atoms with van der Waals surface area (Å²) in [7, 11) is -1.72. The van der Waals surface area contributed by atoms with Crippen LogP contribution in [0.15, 0.2) is 77.5 Å². The molecule has 6 nitrogen and oxygen atoms in total. The number of ether oxygens (including phenoxy) is 2. The van der Waals surface area contributed by atoms with Crippen LogP contribution in [0.25, 0.3) is 0 Å². The third-order valence-corrected chi connectivity index (χ3v) is 5.82. The predicted octanol–water partition coefficient (Wildman–Crippen LogP) is 7.53. The second-order valence-corrected chi connectivity index (χ2v) is 9.34. The van der Waals surface area contributed by atoms with Crippen LogP contribution in [-0.2, 0) is 12.4 Å². The molecule has 2 aromatic carbocycles. The van der Waals surface area contributed by atoms with Crippen LogP contribution >= 0.6 is 39.1 Å². The lowest BCUT2D eigenvalue weighted by molar-refractivity contribution is -0.138. The van der Waals surface area contributed by atoms with Gasteiger partial charge in [0.05, 0.1) is 21.2 Å². The van der Waals surface area contributed by atoms with Crippen molar-refractivity contribution in [1.29, 1.82) is 0 Å². The fourth-order valence-electron chi connectivity index (χ4n) is 2.76. The Kier molecular flexibility index (Phi) is 10.3. The number of hydrogen-bond donors (Lipinski definition) is 2. The summed E-state index contributed by atoms with van der Waals surface area (Å²) in [6.45, 7) is 0. The van der Waals surface area contributed by atoms with E-state index in [0.29, 0.717) is 23.2 Å². The van der Waals surface area contributed by atoms with Gasteiger partial charge in [-0.3, -0.25) is 0 Å². The lowest BCUT2D eigenvalue weighted by Crippen LogP contribution is -2.29. The summed E-state index contributed by atoms with van der Waals surface area (Å²) in [5.41, 5.74) is -1.61. The minimum Gasteiger partial charge on any atom is -0.438 e. The molecule has 4 rings (SSSR count). The van der Waals surface area contributed by atoms with Crippen LogP contribution in [-0.4, -0.2) is 27.1 Å². The maximum Gasteiger partial charge on any atom is 0.488 e. The quantitative estimate of drug-likeness (QED) is 0.169. The number of benzene rings is 2. The largest absolute Gasteiger partial charge is 0.488 e. The highest BCUT2D eigenvalue weighted by Crippen LogP contribution is 2.34. The molecule has 0 aliphatic heterocycles. The molecule has 210 valence electrons. The molecule has 0 saturated heterocycles. The summed E-state index contributed by atoms with van der Waals surface area (Å²) in [4.78, 5) is 7.13. The number of aromatic nitrogens is 2. The fourth-order valence-corrected chi connectivity index (χ4v) is 3.41. The van der Waals surface area contributed by atoms with Crippen molar-refractivity contribution in [3.05, 3.63) is 98.7 Å². The first-order valence-electron chi connectivity index (χ1n) is 10.7. The third kappa shape index (κ3) is 8.99. The van der Waals surface area contributed by atoms with E-state index in [-0.39, 0.29) is 28.0 Å². The Morgan fingerprint density at radius 1 is 0.675 bits per heavy atom. The summed E-state index contributed by atoms with van der Waals surface area (Å²) >= 11 is 15.0. The van der Waals surface area contributed by atoms with Gasteiger partial charge in [-0.15, -0.1) is 0 Å². The summed E-state index contributed by atoms with van der Waals surface area (Å²) in [5, 5.41) is 18.6. The van der Waals surface area contributed by atoms with E-state index in [1.54, 1.807) is 18.2 Å². The van der Waals surface area contributed by atoms with Crippen LogP contribution < -0.4 is 14.9 Å². The average molecular weight is 670 g/mol. The number of halogens is 9. The Labute approximate surface area is 241 Å². The summed E-state index contributed by atoms with van der Waals surface area (Å²) in [6, 6.07) is 12.8. The summed E-state index contributed by atoms with van der Waals surface area (Å²) in [6.07, 6.45) is -7.56. The van der Waals surface area contributed by atoms with E-state index < -0.39 is 30.6 Å². The third-order valence-electron chi connectivity index (χ3n) is 4.70. The van der Waals surface area contributed by atoms with Crippen molar-refractivity contribution in [2.24, 2.45) is 0 Å². The molecule has 0 unspecified atom stereocenters. The van der Waals surface area contributed by atoms with Crippen molar-refractivity contribution < 1.29 is 45.9 Å². The van der Waals surface area contributed by atoms with Crippen molar-refractivity contribution in [3.63, 3.8) is 0 Å². The number of rotatable bonds is 5. The van der Waals surface area contributed by atoms with Gasteiger partial charge in [0.15, 0.2) is 0 Å². The molecule has 0 aliphatic rings. The second kappa shape index (κ2) is 13.1. The average Bonchev–Trinajstić information content (AvgIpc) is 2.87. The SMILES string of the molecule is FC(F)(F)c1ccc(Oc2cc(Br)ccc2Cl)nc1.OB(O)c1ccc(Cl)c(Oc2ccc(C(F)(F)F)cn2)c1. The molecule has 2 aromatic heterocycles. The lowest BCUT2D eigenvalue weighted by Gasteiger charge is -2.10. The minimum atomic E-state index is -4.48. The van der Waals surface area contributed by atoms with Gasteiger partial charge in [0.25, 0.3) is 0 Å².